The number of nitrogens with zero attached hydrogens (tertiary/aromatic N) is 2. The molecule has 2 fully saturated rings. The van der Waals surface area contributed by atoms with E-state index in [9.17, 15) is 14.4 Å². The van der Waals surface area contributed by atoms with Crippen LogP contribution in [0.3, 0.4) is 0 Å². The lowest BCUT2D eigenvalue weighted by molar-refractivity contribution is -0.142. The zero-order valence-electron chi connectivity index (χ0n) is 18.3. The quantitative estimate of drug-likeness (QED) is 0.668. The van der Waals surface area contributed by atoms with Gasteiger partial charge in [0.25, 0.3) is 5.91 Å². The lowest BCUT2D eigenvalue weighted by Gasteiger charge is -2.32. The molecule has 8 nitrogen and oxygen atoms in total. The number of carbonyl (C=O) groups is 3. The number of esters is 1. The summed E-state index contributed by atoms with van der Waals surface area (Å²) in [7, 11) is 0. The summed E-state index contributed by atoms with van der Waals surface area (Å²) >= 11 is 0. The number of nitrogens with one attached hydrogen (secondary N) is 1. The van der Waals surface area contributed by atoms with Crippen molar-refractivity contribution >= 4 is 17.9 Å². The highest BCUT2D eigenvalue weighted by atomic mass is 16.5. The maximum absolute atomic E-state index is 12.5. The number of rotatable bonds is 7. The first-order valence-corrected chi connectivity index (χ1v) is 11.2. The first-order chi connectivity index (χ1) is 15.1. The number of benzene rings is 1. The van der Waals surface area contributed by atoms with Crippen LogP contribution in [0.4, 0.5) is 4.79 Å². The van der Waals surface area contributed by atoms with E-state index in [1.54, 1.807) is 6.92 Å². The number of urea groups is 1. The minimum atomic E-state index is -0.292. The van der Waals surface area contributed by atoms with Crippen LogP contribution in [0.5, 0.6) is 0 Å². The number of piperidine rings is 1. The second kappa shape index (κ2) is 11.7. The number of amides is 3. The summed E-state index contributed by atoms with van der Waals surface area (Å²) < 4.78 is 10.2. The van der Waals surface area contributed by atoms with Gasteiger partial charge in [0.15, 0.2) is 0 Å². The number of hydrogen-bond donors (Lipinski definition) is 1. The van der Waals surface area contributed by atoms with Gasteiger partial charge in [0, 0.05) is 38.3 Å². The summed E-state index contributed by atoms with van der Waals surface area (Å²) in [5.41, 5.74) is 1.94. The fraction of sp³-hybridized carbons (Fsp3) is 0.609. The molecule has 2 aliphatic heterocycles. The van der Waals surface area contributed by atoms with E-state index in [2.05, 4.69) is 5.32 Å². The van der Waals surface area contributed by atoms with Gasteiger partial charge in [0.1, 0.15) is 0 Å². The number of ether oxygens (including phenoxy) is 2. The summed E-state index contributed by atoms with van der Waals surface area (Å²) in [5, 5.41) is 2.79. The van der Waals surface area contributed by atoms with Gasteiger partial charge in [-0.1, -0.05) is 12.1 Å². The van der Waals surface area contributed by atoms with E-state index in [1.807, 2.05) is 34.1 Å². The molecular formula is C23H33N3O5. The van der Waals surface area contributed by atoms with Crippen molar-refractivity contribution in [3.63, 3.8) is 0 Å². The van der Waals surface area contributed by atoms with Crippen LogP contribution in [0, 0.1) is 5.92 Å². The Morgan fingerprint density at radius 2 is 1.71 bits per heavy atom. The fourth-order valence-electron chi connectivity index (χ4n) is 4.02. The number of morpholine rings is 1. The van der Waals surface area contributed by atoms with Crippen molar-refractivity contribution in [3.05, 3.63) is 35.4 Å². The molecule has 2 saturated heterocycles. The molecule has 31 heavy (non-hydrogen) atoms. The highest BCUT2D eigenvalue weighted by Crippen LogP contribution is 2.22. The summed E-state index contributed by atoms with van der Waals surface area (Å²) in [5.74, 6) is 0.292. The first kappa shape index (κ1) is 23.1. The molecule has 3 rings (SSSR count). The van der Waals surface area contributed by atoms with Gasteiger partial charge >= 0.3 is 12.0 Å². The molecule has 0 unspecified atom stereocenters. The Morgan fingerprint density at radius 1 is 1.03 bits per heavy atom. The van der Waals surface area contributed by atoms with E-state index in [0.29, 0.717) is 58.5 Å². The molecule has 2 heterocycles. The maximum atomic E-state index is 12.5. The average Bonchev–Trinajstić information content (AvgIpc) is 2.80. The minimum Gasteiger partial charge on any atom is -0.466 e. The van der Waals surface area contributed by atoms with Crippen LogP contribution in [0.25, 0.3) is 0 Å². The molecule has 0 atom stereocenters. The van der Waals surface area contributed by atoms with Crippen molar-refractivity contribution in [2.45, 2.75) is 32.6 Å². The number of hydrogen-bond acceptors (Lipinski definition) is 5. The number of carbonyl (C=O) groups excluding carboxylic acids is 3. The van der Waals surface area contributed by atoms with E-state index in [-0.39, 0.29) is 24.3 Å². The average molecular weight is 432 g/mol. The smallest absolute Gasteiger partial charge is 0.317 e. The van der Waals surface area contributed by atoms with Crippen molar-refractivity contribution in [2.75, 3.05) is 52.5 Å². The molecular weight excluding hydrogens is 398 g/mol. The van der Waals surface area contributed by atoms with Gasteiger partial charge in [-0.2, -0.15) is 0 Å². The third-order valence-corrected chi connectivity index (χ3v) is 5.84. The Balaban J connectivity index is 1.39. The third-order valence-electron chi connectivity index (χ3n) is 5.84. The van der Waals surface area contributed by atoms with Crippen molar-refractivity contribution in [2.24, 2.45) is 5.92 Å². The summed E-state index contributed by atoms with van der Waals surface area (Å²) in [4.78, 5) is 39.8. The molecule has 1 N–H and O–H groups in total. The maximum Gasteiger partial charge on any atom is 0.317 e. The molecule has 170 valence electrons. The normalized spacial score (nSPS) is 17.3. The molecule has 0 radical (unpaired) electrons. The topological polar surface area (TPSA) is 88.2 Å². The van der Waals surface area contributed by atoms with Crippen LogP contribution < -0.4 is 5.32 Å². The van der Waals surface area contributed by atoms with Gasteiger partial charge < -0.3 is 24.6 Å². The lowest BCUT2D eigenvalue weighted by Crippen LogP contribution is -2.45. The van der Waals surface area contributed by atoms with Crippen molar-refractivity contribution in [1.82, 2.24) is 15.1 Å². The van der Waals surface area contributed by atoms with E-state index < -0.39 is 0 Å². The zero-order chi connectivity index (χ0) is 22.1. The monoisotopic (exact) mass is 431 g/mol. The summed E-state index contributed by atoms with van der Waals surface area (Å²) in [6.07, 6.45) is 3.03. The van der Waals surface area contributed by atoms with Gasteiger partial charge in [-0.15, -0.1) is 0 Å². The van der Waals surface area contributed by atoms with Gasteiger partial charge in [-0.3, -0.25) is 9.59 Å². The Hall–Kier alpha value is -2.61. The molecule has 8 heteroatoms. The van der Waals surface area contributed by atoms with Crippen molar-refractivity contribution < 1.29 is 23.9 Å². The Kier molecular flexibility index (Phi) is 8.70. The van der Waals surface area contributed by atoms with Crippen LogP contribution >= 0.6 is 0 Å². The highest BCUT2D eigenvalue weighted by Gasteiger charge is 2.23. The summed E-state index contributed by atoms with van der Waals surface area (Å²) in [6.45, 7) is 6.34. The lowest BCUT2D eigenvalue weighted by atomic mass is 9.90. The molecule has 0 aromatic heterocycles. The van der Waals surface area contributed by atoms with E-state index >= 15 is 0 Å². The second-order valence-electron chi connectivity index (χ2n) is 8.02. The van der Waals surface area contributed by atoms with Gasteiger partial charge in [-0.05, 0) is 49.8 Å². The number of likely N-dealkylation sites (tertiary alicyclic amines) is 1. The molecule has 2 aliphatic rings. The fourth-order valence-corrected chi connectivity index (χ4v) is 4.02. The van der Waals surface area contributed by atoms with Gasteiger partial charge in [0.05, 0.1) is 26.2 Å². The van der Waals surface area contributed by atoms with Crippen LogP contribution in [0.1, 0.15) is 42.1 Å². The predicted octanol–water partition coefficient (Wildman–Crippen LogP) is 2.08. The highest BCUT2D eigenvalue weighted by molar-refractivity contribution is 5.94. The van der Waals surface area contributed by atoms with Crippen LogP contribution in [-0.4, -0.2) is 80.3 Å². The molecule has 0 saturated carbocycles. The van der Waals surface area contributed by atoms with E-state index in [0.717, 1.165) is 24.8 Å². The SMILES string of the molecule is CCOC(=O)CCNC(=O)N1CCC(Cc2ccc(C(=O)N3CCOCC3)cc2)CC1. The van der Waals surface area contributed by atoms with Crippen molar-refractivity contribution in [1.29, 1.82) is 0 Å². The first-order valence-electron chi connectivity index (χ1n) is 11.2. The second-order valence-corrected chi connectivity index (χ2v) is 8.02. The van der Waals surface area contributed by atoms with Gasteiger partial charge in [-0.25, -0.2) is 4.79 Å². The van der Waals surface area contributed by atoms with Crippen molar-refractivity contribution in [3.8, 4) is 0 Å². The predicted molar refractivity (Wildman–Crippen MR) is 116 cm³/mol. The molecule has 1 aromatic carbocycles. The Labute approximate surface area is 183 Å². The van der Waals surface area contributed by atoms with Crippen LogP contribution in [-0.2, 0) is 20.7 Å². The minimum absolute atomic E-state index is 0.0668. The molecule has 0 aliphatic carbocycles. The molecule has 0 spiro atoms. The Bertz CT molecular complexity index is 738. The van der Waals surface area contributed by atoms with Crippen LogP contribution in [0.15, 0.2) is 24.3 Å². The largest absolute Gasteiger partial charge is 0.466 e. The zero-order valence-corrected chi connectivity index (χ0v) is 18.3. The third kappa shape index (κ3) is 6.95. The molecule has 3 amide bonds. The van der Waals surface area contributed by atoms with Crippen LogP contribution in [0.2, 0.25) is 0 Å². The van der Waals surface area contributed by atoms with E-state index in [1.165, 1.54) is 5.56 Å². The van der Waals surface area contributed by atoms with E-state index in [4.69, 9.17) is 9.47 Å². The van der Waals surface area contributed by atoms with Gasteiger partial charge in [0.2, 0.25) is 0 Å². The summed E-state index contributed by atoms with van der Waals surface area (Å²) in [6, 6.07) is 7.80. The molecule has 1 aromatic rings. The Morgan fingerprint density at radius 3 is 2.35 bits per heavy atom. The molecule has 0 bridgehead atoms. The standard InChI is InChI=1S/C23H33N3O5/c1-2-31-21(27)7-10-24-23(29)26-11-8-19(9-12-26)17-18-3-5-20(6-4-18)22(28)25-13-15-30-16-14-25/h3-6,19H,2,7-17H2,1H3,(H,24,29).